The van der Waals surface area contributed by atoms with Gasteiger partial charge in [0.1, 0.15) is 24.6 Å². The zero-order valence-corrected chi connectivity index (χ0v) is 15.4. The van der Waals surface area contributed by atoms with Gasteiger partial charge in [-0.3, -0.25) is 9.05 Å². The maximum Gasteiger partial charge on any atom is 0.406 e. The van der Waals surface area contributed by atoms with Crippen molar-refractivity contribution in [3.8, 4) is 0 Å². The van der Waals surface area contributed by atoms with E-state index >= 15 is 4.39 Å². The number of alkyl halides is 1. The molecule has 0 saturated carbocycles. The number of hydrogen-bond donors (Lipinski definition) is 2. The molecule has 2 aliphatic heterocycles. The van der Waals surface area contributed by atoms with Crippen LogP contribution in [0.25, 0.3) is 5.65 Å². The molecule has 142 valence electrons. The molecule has 2 aromatic rings. The summed E-state index contributed by atoms with van der Waals surface area (Å²) in [6.45, 7) is 4.88. The van der Waals surface area contributed by atoms with Gasteiger partial charge in [0.15, 0.2) is 17.1 Å². The number of anilines is 1. The molecule has 3 N–H and O–H groups in total. The molecule has 0 bridgehead atoms. The predicted octanol–water partition coefficient (Wildman–Crippen LogP) is 1.40. The molecule has 5 atom stereocenters. The van der Waals surface area contributed by atoms with E-state index in [1.165, 1.54) is 24.0 Å². The van der Waals surface area contributed by atoms with Gasteiger partial charge in [0.25, 0.3) is 0 Å². The van der Waals surface area contributed by atoms with Crippen LogP contribution in [0.2, 0.25) is 0 Å². The summed E-state index contributed by atoms with van der Waals surface area (Å²) in [5.74, 6) is 0.174. The van der Waals surface area contributed by atoms with Gasteiger partial charge < -0.3 is 10.5 Å². The first-order valence-electron chi connectivity index (χ1n) is 8.20. The molecule has 0 spiro atoms. The summed E-state index contributed by atoms with van der Waals surface area (Å²) < 4.78 is 46.5. The van der Waals surface area contributed by atoms with E-state index in [-0.39, 0.29) is 18.5 Å². The number of ether oxygens (including phenoxy) is 1. The fourth-order valence-corrected chi connectivity index (χ4v) is 5.13. The molecule has 4 heterocycles. The third-order valence-corrected chi connectivity index (χ3v) is 6.25. The number of fused-ring (bicyclic) bond motifs is 2. The van der Waals surface area contributed by atoms with Crippen molar-refractivity contribution in [3.63, 3.8) is 0 Å². The second-order valence-corrected chi connectivity index (χ2v) is 8.59. The van der Waals surface area contributed by atoms with E-state index in [1.54, 1.807) is 13.8 Å². The average molecular weight is 386 g/mol. The van der Waals surface area contributed by atoms with Crippen LogP contribution in [0.5, 0.6) is 0 Å². The van der Waals surface area contributed by atoms with Crippen LogP contribution in [-0.2, 0) is 18.3 Å². The van der Waals surface area contributed by atoms with Crippen LogP contribution in [0.15, 0.2) is 12.5 Å². The van der Waals surface area contributed by atoms with E-state index < -0.39 is 31.7 Å². The summed E-state index contributed by atoms with van der Waals surface area (Å²) in [4.78, 5) is 8.00. The molecular weight excluding hydrogens is 366 g/mol. The lowest BCUT2D eigenvalue weighted by Gasteiger charge is -2.35. The number of nitrogens with one attached hydrogen (secondary N) is 1. The quantitative estimate of drug-likeness (QED) is 0.753. The number of aromatic nitrogens is 4. The van der Waals surface area contributed by atoms with Crippen molar-refractivity contribution in [1.82, 2.24) is 24.7 Å². The van der Waals surface area contributed by atoms with Crippen molar-refractivity contribution >= 4 is 19.2 Å². The van der Waals surface area contributed by atoms with Crippen LogP contribution in [0, 0.1) is 0 Å². The SMILES string of the molecule is CC(C)NP1(=O)OCC2O[C@@H](c3cnc4c(N)ncnn34)[C@](C)(F)[C@@H]2O1. The van der Waals surface area contributed by atoms with Crippen molar-refractivity contribution in [1.29, 1.82) is 0 Å². The highest BCUT2D eigenvalue weighted by molar-refractivity contribution is 7.51. The molecule has 2 saturated heterocycles. The summed E-state index contributed by atoms with van der Waals surface area (Å²) >= 11 is 0. The molecule has 10 nitrogen and oxygen atoms in total. The molecule has 0 radical (unpaired) electrons. The number of nitrogens with two attached hydrogens (primary N) is 1. The standard InChI is InChI=1S/C14H20FN6O4P/c1-7(2)20-26(22)23-5-9-11(25-26)14(3,15)10(24-9)8-4-17-13-12(16)18-6-19-21(8)13/h4,6-7,9-11H,5H2,1-3H3,(H,20,22)(H2,16,18,19)/t9?,10-,11+,14-,26?/m0/s1. The Hall–Kier alpha value is -1.65. The Balaban J connectivity index is 1.68. The third-order valence-electron chi connectivity index (χ3n) is 4.42. The highest BCUT2D eigenvalue weighted by atomic mass is 31.2. The van der Waals surface area contributed by atoms with E-state index in [4.69, 9.17) is 19.5 Å². The van der Waals surface area contributed by atoms with Crippen molar-refractivity contribution in [3.05, 3.63) is 18.2 Å². The molecule has 2 aliphatic rings. The summed E-state index contributed by atoms with van der Waals surface area (Å²) in [5.41, 5.74) is 4.46. The minimum Gasteiger partial charge on any atom is -0.381 e. The molecule has 0 amide bonds. The van der Waals surface area contributed by atoms with Crippen molar-refractivity contribution in [2.24, 2.45) is 0 Å². The second-order valence-electron chi connectivity index (χ2n) is 6.87. The summed E-state index contributed by atoms with van der Waals surface area (Å²) in [5, 5.41) is 6.80. The molecule has 12 heteroatoms. The highest BCUT2D eigenvalue weighted by Gasteiger charge is 2.61. The fraction of sp³-hybridized carbons (Fsp3) is 0.643. The second kappa shape index (κ2) is 5.93. The Labute approximate surface area is 148 Å². The van der Waals surface area contributed by atoms with Gasteiger partial charge in [-0.15, -0.1) is 0 Å². The average Bonchev–Trinajstić information content (AvgIpc) is 3.07. The van der Waals surface area contributed by atoms with E-state index in [2.05, 4.69) is 20.2 Å². The van der Waals surface area contributed by atoms with Crippen LogP contribution in [0.3, 0.4) is 0 Å². The first-order chi connectivity index (χ1) is 12.2. The summed E-state index contributed by atoms with van der Waals surface area (Å²) in [6, 6.07) is -0.153. The highest BCUT2D eigenvalue weighted by Crippen LogP contribution is 2.57. The van der Waals surface area contributed by atoms with Crippen LogP contribution < -0.4 is 10.8 Å². The minimum atomic E-state index is -3.62. The molecule has 26 heavy (non-hydrogen) atoms. The van der Waals surface area contributed by atoms with E-state index in [0.717, 1.165) is 0 Å². The van der Waals surface area contributed by atoms with E-state index in [0.29, 0.717) is 11.3 Å². The number of imidazole rings is 1. The third kappa shape index (κ3) is 2.71. The lowest BCUT2D eigenvalue weighted by atomic mass is 9.93. The van der Waals surface area contributed by atoms with Crippen LogP contribution >= 0.6 is 7.75 Å². The number of rotatable bonds is 3. The minimum absolute atomic E-state index is 0.0501. The molecule has 2 aromatic heterocycles. The molecule has 2 unspecified atom stereocenters. The smallest absolute Gasteiger partial charge is 0.381 e. The first kappa shape index (κ1) is 17.7. The first-order valence-corrected chi connectivity index (χ1v) is 9.75. The number of halogens is 1. The normalized spacial score (nSPS) is 37.3. The van der Waals surface area contributed by atoms with Gasteiger partial charge in [-0.25, -0.2) is 28.5 Å². The van der Waals surface area contributed by atoms with Gasteiger partial charge in [0, 0.05) is 6.04 Å². The Kier molecular flexibility index (Phi) is 4.05. The molecule has 4 rings (SSSR count). The lowest BCUT2D eigenvalue weighted by Crippen LogP contribution is -2.46. The van der Waals surface area contributed by atoms with Crippen molar-refractivity contribution in [2.45, 2.75) is 50.8 Å². The number of hydrogen-bond acceptors (Lipinski definition) is 8. The van der Waals surface area contributed by atoms with E-state index in [9.17, 15) is 4.57 Å². The zero-order valence-electron chi connectivity index (χ0n) is 14.5. The summed E-state index contributed by atoms with van der Waals surface area (Å²) in [6.07, 6.45) is -0.131. The number of nitrogen functional groups attached to an aromatic ring is 1. The Morgan fingerprint density at radius 3 is 3.00 bits per heavy atom. The van der Waals surface area contributed by atoms with Gasteiger partial charge in [-0.2, -0.15) is 5.10 Å². The zero-order chi connectivity index (χ0) is 18.7. The molecule has 2 fully saturated rings. The van der Waals surface area contributed by atoms with Gasteiger partial charge in [0.05, 0.1) is 18.5 Å². The van der Waals surface area contributed by atoms with Crippen LogP contribution in [-0.4, -0.2) is 50.1 Å². The van der Waals surface area contributed by atoms with Crippen molar-refractivity contribution < 1.29 is 22.7 Å². The lowest BCUT2D eigenvalue weighted by molar-refractivity contribution is -0.0447. The van der Waals surface area contributed by atoms with Gasteiger partial charge in [-0.1, -0.05) is 0 Å². The number of nitrogens with zero attached hydrogens (tertiary/aromatic N) is 4. The monoisotopic (exact) mass is 386 g/mol. The molecule has 0 aliphatic carbocycles. The van der Waals surface area contributed by atoms with E-state index in [1.807, 2.05) is 0 Å². The maximum atomic E-state index is 15.7. The van der Waals surface area contributed by atoms with Gasteiger partial charge in [0.2, 0.25) is 0 Å². The van der Waals surface area contributed by atoms with Crippen LogP contribution in [0.4, 0.5) is 10.2 Å². The van der Waals surface area contributed by atoms with Crippen molar-refractivity contribution in [2.75, 3.05) is 12.3 Å². The maximum absolute atomic E-state index is 15.7. The van der Waals surface area contributed by atoms with Gasteiger partial charge in [-0.05, 0) is 20.8 Å². The Bertz CT molecular complexity index is 889. The summed E-state index contributed by atoms with van der Waals surface area (Å²) in [7, 11) is -3.62. The predicted molar refractivity (Wildman–Crippen MR) is 89.0 cm³/mol. The Morgan fingerprint density at radius 2 is 2.27 bits per heavy atom. The van der Waals surface area contributed by atoms with Crippen LogP contribution in [0.1, 0.15) is 32.6 Å². The Morgan fingerprint density at radius 1 is 1.50 bits per heavy atom. The topological polar surface area (TPSA) is 126 Å². The fourth-order valence-electron chi connectivity index (χ4n) is 3.31. The van der Waals surface area contributed by atoms with Gasteiger partial charge >= 0.3 is 7.75 Å². The largest absolute Gasteiger partial charge is 0.406 e. The molecular formula is C14H20FN6O4P. The molecule has 0 aromatic carbocycles.